The lowest BCUT2D eigenvalue weighted by Gasteiger charge is -2.33. The summed E-state index contributed by atoms with van der Waals surface area (Å²) in [5.41, 5.74) is -1.72. The zero-order valence-electron chi connectivity index (χ0n) is 13.6. The molecule has 0 heterocycles. The van der Waals surface area contributed by atoms with Crippen molar-refractivity contribution in [2.45, 2.75) is 64.0 Å². The summed E-state index contributed by atoms with van der Waals surface area (Å²) in [4.78, 5) is 23.7. The van der Waals surface area contributed by atoms with Gasteiger partial charge >= 0.3 is 12.1 Å². The smallest absolute Gasteiger partial charge is 0.408 e. The van der Waals surface area contributed by atoms with Crippen LogP contribution in [0.15, 0.2) is 0 Å². The molecule has 0 rings (SSSR count). The van der Waals surface area contributed by atoms with Crippen molar-refractivity contribution in [2.75, 3.05) is 7.11 Å². The SMILES string of the molecule is COC(=O)CC(CCC#N)(CCC#N)NC(=O)OC(C)(C)C. The summed E-state index contributed by atoms with van der Waals surface area (Å²) in [6, 6.07) is 3.97. The van der Waals surface area contributed by atoms with Crippen LogP contribution in [0.5, 0.6) is 0 Å². The molecule has 0 aromatic heterocycles. The number of nitriles is 2. The minimum absolute atomic E-state index is 0.119. The van der Waals surface area contributed by atoms with Crippen LogP contribution in [0.4, 0.5) is 4.79 Å². The Hall–Kier alpha value is -2.28. The van der Waals surface area contributed by atoms with Crippen LogP contribution in [0, 0.1) is 22.7 Å². The van der Waals surface area contributed by atoms with E-state index in [9.17, 15) is 9.59 Å². The third-order valence-corrected chi connectivity index (χ3v) is 2.91. The number of esters is 1. The summed E-state index contributed by atoms with van der Waals surface area (Å²) < 4.78 is 9.85. The van der Waals surface area contributed by atoms with Gasteiger partial charge in [0.15, 0.2) is 0 Å². The van der Waals surface area contributed by atoms with Gasteiger partial charge in [-0.3, -0.25) is 4.79 Å². The van der Waals surface area contributed by atoms with Crippen molar-refractivity contribution in [1.82, 2.24) is 5.32 Å². The molecule has 7 nitrogen and oxygen atoms in total. The average Bonchev–Trinajstić information content (AvgIpc) is 2.40. The Labute approximate surface area is 131 Å². The first-order chi connectivity index (χ1) is 10.2. The number of ether oxygens (including phenoxy) is 2. The molecule has 0 saturated heterocycles. The number of alkyl carbamates (subject to hydrolysis) is 1. The van der Waals surface area contributed by atoms with Crippen molar-refractivity contribution in [3.05, 3.63) is 0 Å². The van der Waals surface area contributed by atoms with Crippen molar-refractivity contribution < 1.29 is 19.1 Å². The molecule has 0 aliphatic carbocycles. The Morgan fingerprint density at radius 3 is 1.95 bits per heavy atom. The van der Waals surface area contributed by atoms with E-state index in [4.69, 9.17) is 15.3 Å². The first-order valence-corrected chi connectivity index (χ1v) is 7.00. The molecule has 1 amide bonds. The highest BCUT2D eigenvalue weighted by Crippen LogP contribution is 2.25. The fraction of sp³-hybridized carbons (Fsp3) is 0.733. The first kappa shape index (κ1) is 19.7. The van der Waals surface area contributed by atoms with Crippen molar-refractivity contribution >= 4 is 12.1 Å². The molecule has 22 heavy (non-hydrogen) atoms. The van der Waals surface area contributed by atoms with Crippen LogP contribution < -0.4 is 5.32 Å². The van der Waals surface area contributed by atoms with Gasteiger partial charge in [0.25, 0.3) is 0 Å². The maximum atomic E-state index is 12.0. The van der Waals surface area contributed by atoms with Crippen LogP contribution in [-0.2, 0) is 14.3 Å². The number of hydrogen-bond acceptors (Lipinski definition) is 6. The van der Waals surface area contributed by atoms with E-state index in [0.29, 0.717) is 0 Å². The van der Waals surface area contributed by atoms with Crippen molar-refractivity contribution in [3.8, 4) is 12.1 Å². The lowest BCUT2D eigenvalue weighted by molar-refractivity contribution is -0.142. The molecule has 0 saturated carbocycles. The molecule has 0 aromatic rings. The Morgan fingerprint density at radius 2 is 1.59 bits per heavy atom. The zero-order chi connectivity index (χ0) is 17.2. The summed E-state index contributed by atoms with van der Waals surface area (Å²) >= 11 is 0. The van der Waals surface area contributed by atoms with Gasteiger partial charge < -0.3 is 14.8 Å². The number of methoxy groups -OCH3 is 1. The van der Waals surface area contributed by atoms with Crippen molar-refractivity contribution in [3.63, 3.8) is 0 Å². The van der Waals surface area contributed by atoms with E-state index in [1.165, 1.54) is 7.11 Å². The van der Waals surface area contributed by atoms with Crippen LogP contribution in [0.1, 0.15) is 52.9 Å². The first-order valence-electron chi connectivity index (χ1n) is 7.00. The van der Waals surface area contributed by atoms with Gasteiger partial charge in [0.2, 0.25) is 0 Å². The summed E-state index contributed by atoms with van der Waals surface area (Å²) in [7, 11) is 1.25. The van der Waals surface area contributed by atoms with E-state index in [2.05, 4.69) is 10.1 Å². The standard InChI is InChI=1S/C15H23N3O4/c1-14(2,3)22-13(20)18-15(7-5-9-16,8-6-10-17)11-12(19)21-4/h5-8,11H2,1-4H3,(H,18,20). The topological polar surface area (TPSA) is 112 Å². The quantitative estimate of drug-likeness (QED) is 0.723. The molecule has 0 atom stereocenters. The number of carbonyl (C=O) groups excluding carboxylic acids is 2. The summed E-state index contributed by atoms with van der Waals surface area (Å²) in [6.45, 7) is 5.16. The molecule has 0 aliphatic rings. The third kappa shape index (κ3) is 8.11. The van der Waals surface area contributed by atoms with E-state index in [0.717, 1.165) is 0 Å². The predicted molar refractivity (Wildman–Crippen MR) is 78.4 cm³/mol. The van der Waals surface area contributed by atoms with Crippen molar-refractivity contribution in [2.24, 2.45) is 0 Å². The van der Waals surface area contributed by atoms with Crippen LogP contribution in [0.2, 0.25) is 0 Å². The molecule has 0 aromatic carbocycles. The highest BCUT2D eigenvalue weighted by molar-refractivity contribution is 5.74. The average molecular weight is 309 g/mol. The minimum Gasteiger partial charge on any atom is -0.469 e. The van der Waals surface area contributed by atoms with Gasteiger partial charge in [0, 0.05) is 12.8 Å². The number of hydrogen-bond donors (Lipinski definition) is 1. The van der Waals surface area contributed by atoms with E-state index >= 15 is 0 Å². The summed E-state index contributed by atoms with van der Waals surface area (Å²) in [6.07, 6.45) is -0.0611. The van der Waals surface area contributed by atoms with E-state index in [1.54, 1.807) is 20.8 Å². The number of rotatable bonds is 7. The Balaban J connectivity index is 5.22. The second kappa shape index (κ2) is 8.89. The molecule has 0 bridgehead atoms. The second-order valence-corrected chi connectivity index (χ2v) is 5.98. The van der Waals surface area contributed by atoms with Crippen LogP contribution in [0.3, 0.4) is 0 Å². The van der Waals surface area contributed by atoms with E-state index in [1.807, 2.05) is 12.1 Å². The van der Waals surface area contributed by atoms with Gasteiger partial charge in [-0.1, -0.05) is 0 Å². The monoisotopic (exact) mass is 309 g/mol. The maximum Gasteiger partial charge on any atom is 0.408 e. The van der Waals surface area contributed by atoms with E-state index in [-0.39, 0.29) is 32.1 Å². The Bertz CT molecular complexity index is 451. The maximum absolute atomic E-state index is 12.0. The number of amides is 1. The van der Waals surface area contributed by atoms with Gasteiger partial charge in [-0.2, -0.15) is 10.5 Å². The molecular formula is C15H23N3O4. The van der Waals surface area contributed by atoms with Crippen LogP contribution >= 0.6 is 0 Å². The molecule has 0 radical (unpaired) electrons. The molecule has 0 aliphatic heterocycles. The number of carbonyl (C=O) groups is 2. The van der Waals surface area contributed by atoms with Crippen LogP contribution in [0.25, 0.3) is 0 Å². The van der Waals surface area contributed by atoms with Gasteiger partial charge in [0.1, 0.15) is 5.60 Å². The number of nitrogens with zero attached hydrogens (tertiary/aromatic N) is 2. The lowest BCUT2D eigenvalue weighted by atomic mass is 9.85. The molecule has 0 spiro atoms. The van der Waals surface area contributed by atoms with Gasteiger partial charge in [0.05, 0.1) is 31.2 Å². The van der Waals surface area contributed by atoms with Gasteiger partial charge in [-0.25, -0.2) is 4.79 Å². The molecule has 1 N–H and O–H groups in total. The molecule has 0 fully saturated rings. The fourth-order valence-corrected chi connectivity index (χ4v) is 1.93. The third-order valence-electron chi connectivity index (χ3n) is 2.91. The highest BCUT2D eigenvalue weighted by atomic mass is 16.6. The van der Waals surface area contributed by atoms with Gasteiger partial charge in [-0.05, 0) is 33.6 Å². The van der Waals surface area contributed by atoms with Crippen LogP contribution in [-0.4, -0.2) is 30.3 Å². The summed E-state index contributed by atoms with van der Waals surface area (Å²) in [5.74, 6) is -0.521. The number of nitrogens with one attached hydrogen (secondary N) is 1. The molecule has 0 unspecified atom stereocenters. The largest absolute Gasteiger partial charge is 0.469 e. The Kier molecular flexibility index (Phi) is 7.96. The highest BCUT2D eigenvalue weighted by Gasteiger charge is 2.35. The predicted octanol–water partition coefficient (Wildman–Crippen LogP) is 2.42. The lowest BCUT2D eigenvalue weighted by Crippen LogP contribution is -2.51. The van der Waals surface area contributed by atoms with Crippen molar-refractivity contribution in [1.29, 1.82) is 10.5 Å². The minimum atomic E-state index is -1.03. The molecule has 7 heteroatoms. The second-order valence-electron chi connectivity index (χ2n) is 5.98. The molecule has 122 valence electrons. The van der Waals surface area contributed by atoms with E-state index < -0.39 is 23.2 Å². The molecular weight excluding hydrogens is 286 g/mol. The normalized spacial score (nSPS) is 11.0. The zero-order valence-corrected chi connectivity index (χ0v) is 13.6. The summed E-state index contributed by atoms with van der Waals surface area (Å²) in [5, 5.41) is 20.2. The Morgan fingerprint density at radius 1 is 1.09 bits per heavy atom. The fourth-order valence-electron chi connectivity index (χ4n) is 1.93. The van der Waals surface area contributed by atoms with Gasteiger partial charge in [-0.15, -0.1) is 0 Å².